The molecule has 3 unspecified atom stereocenters. The summed E-state index contributed by atoms with van der Waals surface area (Å²) in [5.41, 5.74) is 5.69. The smallest absolute Gasteiger partial charge is 0.124 e. The predicted molar refractivity (Wildman–Crippen MR) is 150 cm³/mol. The maximum atomic E-state index is 5.72. The van der Waals surface area contributed by atoms with Crippen molar-refractivity contribution in [3.05, 3.63) is 82.9 Å². The Morgan fingerprint density at radius 2 is 1.46 bits per heavy atom. The first kappa shape index (κ1) is 25.7. The topological polar surface area (TPSA) is 21.7 Å². The molecule has 4 heteroatoms. The van der Waals surface area contributed by atoms with Gasteiger partial charge in [-0.2, -0.15) is 0 Å². The first-order valence-electron chi connectivity index (χ1n) is 12.7. The summed E-state index contributed by atoms with van der Waals surface area (Å²) in [7, 11) is 7.47. The summed E-state index contributed by atoms with van der Waals surface area (Å²) in [6, 6.07) is 23.1. The summed E-state index contributed by atoms with van der Waals surface area (Å²) in [5, 5.41) is 2.91. The molecule has 4 rings (SSSR count). The van der Waals surface area contributed by atoms with Crippen molar-refractivity contribution in [3.63, 3.8) is 0 Å². The minimum atomic E-state index is -0.560. The van der Waals surface area contributed by atoms with E-state index < -0.39 is 7.92 Å². The van der Waals surface area contributed by atoms with Gasteiger partial charge < -0.3 is 14.4 Å². The zero-order chi connectivity index (χ0) is 25.1. The van der Waals surface area contributed by atoms with E-state index in [-0.39, 0.29) is 0 Å². The van der Waals surface area contributed by atoms with Crippen LogP contribution in [0.2, 0.25) is 0 Å². The van der Waals surface area contributed by atoms with Crippen LogP contribution in [0.3, 0.4) is 0 Å². The number of aryl methyl sites for hydroxylation is 3. The number of rotatable bonds is 8. The molecule has 0 aromatic heterocycles. The van der Waals surface area contributed by atoms with Crippen LogP contribution < -0.4 is 20.1 Å². The van der Waals surface area contributed by atoms with Crippen LogP contribution in [0.15, 0.2) is 60.7 Å². The minimum absolute atomic E-state index is 0.411. The van der Waals surface area contributed by atoms with E-state index in [4.69, 9.17) is 9.47 Å². The van der Waals surface area contributed by atoms with E-state index in [9.17, 15) is 0 Å². The highest BCUT2D eigenvalue weighted by molar-refractivity contribution is 7.73. The molecule has 0 radical (unpaired) electrons. The third-order valence-corrected chi connectivity index (χ3v) is 10.5. The Kier molecular flexibility index (Phi) is 8.19. The molecule has 0 amide bonds. The summed E-state index contributed by atoms with van der Waals surface area (Å²) >= 11 is 0. The van der Waals surface area contributed by atoms with Gasteiger partial charge in [-0.05, 0) is 124 Å². The molecule has 35 heavy (non-hydrogen) atoms. The van der Waals surface area contributed by atoms with Gasteiger partial charge in [0.1, 0.15) is 11.5 Å². The highest BCUT2D eigenvalue weighted by Crippen LogP contribution is 2.55. The monoisotopic (exact) mass is 489 g/mol. The molecule has 0 heterocycles. The number of nitrogens with zero attached hydrogens (tertiary/aromatic N) is 1. The van der Waals surface area contributed by atoms with E-state index in [1.165, 1.54) is 52.1 Å². The fourth-order valence-electron chi connectivity index (χ4n) is 6.17. The van der Waals surface area contributed by atoms with Gasteiger partial charge in [-0.15, -0.1) is 0 Å². The van der Waals surface area contributed by atoms with Gasteiger partial charge in [0, 0.05) is 6.04 Å². The van der Waals surface area contributed by atoms with Gasteiger partial charge in [0.15, 0.2) is 0 Å². The van der Waals surface area contributed by atoms with Crippen molar-refractivity contribution in [1.29, 1.82) is 0 Å². The van der Waals surface area contributed by atoms with Crippen molar-refractivity contribution in [2.45, 2.75) is 51.7 Å². The van der Waals surface area contributed by atoms with Gasteiger partial charge in [-0.1, -0.05) is 42.8 Å². The molecule has 3 aromatic rings. The van der Waals surface area contributed by atoms with Gasteiger partial charge >= 0.3 is 0 Å². The maximum Gasteiger partial charge on any atom is 0.124 e. The summed E-state index contributed by atoms with van der Waals surface area (Å²) < 4.78 is 11.3. The van der Waals surface area contributed by atoms with Crippen molar-refractivity contribution in [3.8, 4) is 11.5 Å². The van der Waals surface area contributed by atoms with Crippen molar-refractivity contribution in [2.24, 2.45) is 5.92 Å². The Balaban J connectivity index is 1.85. The van der Waals surface area contributed by atoms with Crippen LogP contribution in [-0.4, -0.2) is 38.9 Å². The molecule has 0 bridgehead atoms. The highest BCUT2D eigenvalue weighted by atomic mass is 31.1. The van der Waals surface area contributed by atoms with Crippen molar-refractivity contribution in [2.75, 3.05) is 28.3 Å². The predicted octanol–water partition coefficient (Wildman–Crippen LogP) is 6.53. The highest BCUT2D eigenvalue weighted by Gasteiger charge is 2.41. The van der Waals surface area contributed by atoms with Gasteiger partial charge in [0.2, 0.25) is 0 Å². The van der Waals surface area contributed by atoms with Crippen LogP contribution >= 0.6 is 7.92 Å². The summed E-state index contributed by atoms with van der Waals surface area (Å²) in [4.78, 5) is 2.44. The second kappa shape index (κ2) is 11.1. The largest absolute Gasteiger partial charge is 0.496 e. The molecule has 1 fully saturated rings. The molecular formula is C31H40NO2P. The van der Waals surface area contributed by atoms with E-state index in [1.54, 1.807) is 14.2 Å². The summed E-state index contributed by atoms with van der Waals surface area (Å²) in [5.74, 6) is 2.57. The molecule has 1 saturated carbocycles. The fourth-order valence-corrected chi connectivity index (χ4v) is 9.60. The number of hydrogen-bond donors (Lipinski definition) is 0. The van der Waals surface area contributed by atoms with Crippen molar-refractivity contribution >= 4 is 18.5 Å². The lowest BCUT2D eigenvalue weighted by Crippen LogP contribution is -2.34. The molecule has 1 aliphatic carbocycles. The number of ether oxygens (including phenoxy) is 2. The normalized spacial score (nSPS) is 19.5. The maximum absolute atomic E-state index is 5.72. The average molecular weight is 490 g/mol. The van der Waals surface area contributed by atoms with Crippen LogP contribution in [0.1, 0.15) is 47.6 Å². The lowest BCUT2D eigenvalue weighted by molar-refractivity contribution is 0.217. The third kappa shape index (κ3) is 5.27. The van der Waals surface area contributed by atoms with Crippen LogP contribution in [0, 0.1) is 26.7 Å². The molecule has 3 nitrogen and oxygen atoms in total. The Morgan fingerprint density at radius 3 is 2.03 bits per heavy atom. The minimum Gasteiger partial charge on any atom is -0.496 e. The first-order chi connectivity index (χ1) is 16.8. The molecule has 4 atom stereocenters. The number of benzene rings is 3. The SMILES string of the molecule is COc1ccc(P(c2cc(C)c(OC)c(C)c2)C2CCCC2[C@@H](c2ccccc2)N(C)C)cc1C. The van der Waals surface area contributed by atoms with Gasteiger partial charge in [0.25, 0.3) is 0 Å². The lowest BCUT2D eigenvalue weighted by Gasteiger charge is -2.38. The molecule has 0 aliphatic heterocycles. The van der Waals surface area contributed by atoms with E-state index in [2.05, 4.69) is 100 Å². The lowest BCUT2D eigenvalue weighted by atomic mass is 9.90. The van der Waals surface area contributed by atoms with Crippen LogP contribution in [0.4, 0.5) is 0 Å². The quantitative estimate of drug-likeness (QED) is 0.336. The van der Waals surface area contributed by atoms with Gasteiger partial charge in [-0.3, -0.25) is 0 Å². The second-order valence-electron chi connectivity index (χ2n) is 10.1. The van der Waals surface area contributed by atoms with E-state index in [0.717, 1.165) is 11.5 Å². The fraction of sp³-hybridized carbons (Fsp3) is 0.419. The zero-order valence-corrected chi connectivity index (χ0v) is 23.2. The van der Waals surface area contributed by atoms with Crippen molar-refractivity contribution in [1.82, 2.24) is 4.90 Å². The van der Waals surface area contributed by atoms with Crippen LogP contribution in [-0.2, 0) is 0 Å². The molecule has 0 saturated heterocycles. The van der Waals surface area contributed by atoms with Crippen LogP contribution in [0.5, 0.6) is 11.5 Å². The molecule has 0 spiro atoms. The van der Waals surface area contributed by atoms with E-state index >= 15 is 0 Å². The summed E-state index contributed by atoms with van der Waals surface area (Å²) in [6.07, 6.45) is 3.82. The van der Waals surface area contributed by atoms with Crippen molar-refractivity contribution < 1.29 is 9.47 Å². The molecule has 1 aliphatic rings. The summed E-state index contributed by atoms with van der Waals surface area (Å²) in [6.45, 7) is 6.53. The Morgan fingerprint density at radius 1 is 0.800 bits per heavy atom. The molecule has 3 aromatic carbocycles. The average Bonchev–Trinajstić information content (AvgIpc) is 3.28. The number of methoxy groups -OCH3 is 2. The standard InChI is InChI=1S/C31H40NO2P/c1-21-18-25(16-17-28(21)33-6)35(26-19-22(2)31(34-7)23(3)20-26)29-15-11-14-27(29)30(32(4)5)24-12-9-8-10-13-24/h8-10,12-13,16-20,27,29-30H,11,14-15H2,1-7H3/t27?,29?,30-,35?/m1/s1. The van der Waals surface area contributed by atoms with E-state index in [1.807, 2.05) is 0 Å². The van der Waals surface area contributed by atoms with Crippen LogP contribution in [0.25, 0.3) is 0 Å². The molecule has 0 N–H and O–H groups in total. The third-order valence-electron chi connectivity index (χ3n) is 7.55. The van der Waals surface area contributed by atoms with Gasteiger partial charge in [0.05, 0.1) is 14.2 Å². The Labute approximate surface area is 213 Å². The Bertz CT molecular complexity index is 1120. The second-order valence-corrected chi connectivity index (χ2v) is 12.6. The zero-order valence-electron chi connectivity index (χ0n) is 22.3. The molecular weight excluding hydrogens is 449 g/mol. The van der Waals surface area contributed by atoms with Gasteiger partial charge in [-0.25, -0.2) is 0 Å². The Hall–Kier alpha value is -2.35. The number of hydrogen-bond acceptors (Lipinski definition) is 3. The first-order valence-corrected chi connectivity index (χ1v) is 14.1. The van der Waals surface area contributed by atoms with E-state index in [0.29, 0.717) is 17.6 Å². The molecule has 186 valence electrons.